The molecule has 0 atom stereocenters. The Labute approximate surface area is 109 Å². The normalized spacial score (nSPS) is 9.89. The third kappa shape index (κ3) is 2.71. The summed E-state index contributed by atoms with van der Waals surface area (Å²) in [5.41, 5.74) is 7.06. The highest BCUT2D eigenvalue weighted by Crippen LogP contribution is 2.26. The number of hydrogen-bond donors (Lipinski definition) is 2. The van der Waals surface area contributed by atoms with E-state index in [2.05, 4.69) is 0 Å². The molecule has 96 valence electrons. The fourth-order valence-corrected chi connectivity index (χ4v) is 1.68. The summed E-state index contributed by atoms with van der Waals surface area (Å²) in [6.07, 6.45) is 0. The van der Waals surface area contributed by atoms with Gasteiger partial charge in [0.15, 0.2) is 0 Å². The molecule has 0 saturated heterocycles. The van der Waals surface area contributed by atoms with Crippen LogP contribution in [0.5, 0.6) is 0 Å². The van der Waals surface area contributed by atoms with Gasteiger partial charge in [0.25, 0.3) is 0 Å². The number of aliphatic carboxylic acids is 1. The van der Waals surface area contributed by atoms with Gasteiger partial charge >= 0.3 is 11.9 Å². The molecule has 0 aliphatic carbocycles. The zero-order valence-corrected chi connectivity index (χ0v) is 9.98. The van der Waals surface area contributed by atoms with Crippen molar-refractivity contribution in [2.75, 3.05) is 10.6 Å². The first-order chi connectivity index (χ1) is 9.09. The Bertz CT molecular complexity index is 594. The summed E-state index contributed by atoms with van der Waals surface area (Å²) in [6, 6.07) is 15.0. The Morgan fingerprint density at radius 1 is 0.895 bits per heavy atom. The molecule has 3 N–H and O–H groups in total. The second-order valence-electron chi connectivity index (χ2n) is 3.87. The predicted molar refractivity (Wildman–Crippen MR) is 72.1 cm³/mol. The summed E-state index contributed by atoms with van der Waals surface area (Å²) in [5.74, 6) is -2.53. The van der Waals surface area contributed by atoms with Gasteiger partial charge in [-0.25, -0.2) is 4.79 Å². The Morgan fingerprint density at radius 3 is 1.95 bits per heavy atom. The van der Waals surface area contributed by atoms with E-state index in [0.717, 1.165) is 4.90 Å². The summed E-state index contributed by atoms with van der Waals surface area (Å²) in [5, 5.41) is 8.91. The van der Waals surface area contributed by atoms with Crippen molar-refractivity contribution < 1.29 is 14.7 Å². The number of nitrogens with two attached hydrogens (primary N) is 1. The number of nitrogens with zero attached hydrogens (tertiary/aromatic N) is 1. The van der Waals surface area contributed by atoms with Crippen molar-refractivity contribution in [2.24, 2.45) is 0 Å². The molecule has 0 heterocycles. The lowest BCUT2D eigenvalue weighted by molar-refractivity contribution is -0.148. The van der Waals surface area contributed by atoms with E-state index in [-0.39, 0.29) is 0 Å². The van der Waals surface area contributed by atoms with Crippen LogP contribution in [-0.4, -0.2) is 17.0 Å². The Hall–Kier alpha value is -2.82. The minimum absolute atomic E-state index is 0.452. The standard InChI is InChI=1S/C14H12N2O3/c15-10-6-8-12(9-7-10)16(13(17)14(18)19)11-4-2-1-3-5-11/h1-9H,15H2,(H,18,19). The Balaban J connectivity index is 2.49. The summed E-state index contributed by atoms with van der Waals surface area (Å²) in [7, 11) is 0. The van der Waals surface area contributed by atoms with Crippen molar-refractivity contribution in [3.8, 4) is 0 Å². The zero-order valence-electron chi connectivity index (χ0n) is 9.98. The molecule has 0 aromatic heterocycles. The van der Waals surface area contributed by atoms with Crippen LogP contribution in [-0.2, 0) is 9.59 Å². The first-order valence-electron chi connectivity index (χ1n) is 5.57. The minimum Gasteiger partial charge on any atom is -0.474 e. The summed E-state index contributed by atoms with van der Waals surface area (Å²) in [4.78, 5) is 23.9. The number of nitrogen functional groups attached to an aromatic ring is 1. The smallest absolute Gasteiger partial charge is 0.395 e. The van der Waals surface area contributed by atoms with Gasteiger partial charge in [0.1, 0.15) is 0 Å². The fraction of sp³-hybridized carbons (Fsp3) is 0. The number of para-hydroxylation sites is 1. The van der Waals surface area contributed by atoms with Crippen LogP contribution in [0.15, 0.2) is 54.6 Å². The highest BCUT2D eigenvalue weighted by Gasteiger charge is 2.23. The zero-order chi connectivity index (χ0) is 13.8. The molecule has 2 aromatic carbocycles. The van der Waals surface area contributed by atoms with E-state index in [1.54, 1.807) is 54.6 Å². The lowest BCUT2D eigenvalue weighted by Crippen LogP contribution is -2.32. The molecule has 19 heavy (non-hydrogen) atoms. The molecule has 5 heteroatoms. The fourth-order valence-electron chi connectivity index (χ4n) is 1.68. The van der Waals surface area contributed by atoms with E-state index in [4.69, 9.17) is 10.8 Å². The largest absolute Gasteiger partial charge is 0.474 e. The van der Waals surface area contributed by atoms with Crippen molar-refractivity contribution in [3.05, 3.63) is 54.6 Å². The molecule has 0 aliphatic heterocycles. The van der Waals surface area contributed by atoms with Crippen LogP contribution in [0.2, 0.25) is 0 Å². The number of carboxylic acid groups (broad SMARTS) is 1. The molecule has 0 aliphatic rings. The molecular formula is C14H12N2O3. The molecule has 2 aromatic rings. The number of carbonyl (C=O) groups excluding carboxylic acids is 1. The van der Waals surface area contributed by atoms with E-state index in [1.807, 2.05) is 0 Å². The van der Waals surface area contributed by atoms with Gasteiger partial charge in [-0.3, -0.25) is 9.69 Å². The highest BCUT2D eigenvalue weighted by atomic mass is 16.4. The first-order valence-corrected chi connectivity index (χ1v) is 5.57. The average molecular weight is 256 g/mol. The number of carbonyl (C=O) groups is 2. The first kappa shape index (κ1) is 12.6. The minimum atomic E-state index is -1.51. The van der Waals surface area contributed by atoms with Gasteiger partial charge in [0, 0.05) is 17.1 Å². The molecule has 0 unspecified atom stereocenters. The van der Waals surface area contributed by atoms with Gasteiger partial charge in [-0.05, 0) is 36.4 Å². The van der Waals surface area contributed by atoms with Crippen LogP contribution >= 0.6 is 0 Å². The lowest BCUT2D eigenvalue weighted by Gasteiger charge is -2.21. The van der Waals surface area contributed by atoms with Crippen molar-refractivity contribution in [2.45, 2.75) is 0 Å². The summed E-state index contributed by atoms with van der Waals surface area (Å²) < 4.78 is 0. The third-order valence-electron chi connectivity index (χ3n) is 2.55. The van der Waals surface area contributed by atoms with Gasteiger partial charge in [0.05, 0.1) is 0 Å². The van der Waals surface area contributed by atoms with Crippen molar-refractivity contribution in [1.82, 2.24) is 0 Å². The van der Waals surface area contributed by atoms with Crippen molar-refractivity contribution >= 4 is 28.9 Å². The summed E-state index contributed by atoms with van der Waals surface area (Å²) >= 11 is 0. The SMILES string of the molecule is Nc1ccc(N(C(=O)C(=O)O)c2ccccc2)cc1. The van der Waals surface area contributed by atoms with E-state index in [1.165, 1.54) is 0 Å². The molecule has 0 spiro atoms. The van der Waals surface area contributed by atoms with Gasteiger partial charge < -0.3 is 10.8 Å². The quantitative estimate of drug-likeness (QED) is 0.636. The molecular weight excluding hydrogens is 244 g/mol. The maximum Gasteiger partial charge on any atom is 0.395 e. The van der Waals surface area contributed by atoms with Crippen LogP contribution in [0, 0.1) is 0 Å². The second kappa shape index (κ2) is 5.22. The van der Waals surface area contributed by atoms with Crippen LogP contribution in [0.3, 0.4) is 0 Å². The van der Waals surface area contributed by atoms with Gasteiger partial charge in [-0.1, -0.05) is 18.2 Å². The number of amides is 1. The van der Waals surface area contributed by atoms with Crippen LogP contribution < -0.4 is 10.6 Å². The molecule has 2 rings (SSSR count). The van der Waals surface area contributed by atoms with E-state index < -0.39 is 11.9 Å². The van der Waals surface area contributed by atoms with Gasteiger partial charge in [-0.2, -0.15) is 0 Å². The van der Waals surface area contributed by atoms with Crippen LogP contribution in [0.4, 0.5) is 17.1 Å². The maximum atomic E-state index is 11.8. The lowest BCUT2D eigenvalue weighted by atomic mass is 10.2. The highest BCUT2D eigenvalue weighted by molar-refractivity contribution is 6.39. The van der Waals surface area contributed by atoms with E-state index in [9.17, 15) is 9.59 Å². The Kier molecular flexibility index (Phi) is 3.47. The van der Waals surface area contributed by atoms with E-state index >= 15 is 0 Å². The number of hydrogen-bond acceptors (Lipinski definition) is 3. The molecule has 0 radical (unpaired) electrons. The molecule has 1 amide bonds. The molecule has 0 fully saturated rings. The topological polar surface area (TPSA) is 83.6 Å². The monoisotopic (exact) mass is 256 g/mol. The van der Waals surface area contributed by atoms with Gasteiger partial charge in [0.2, 0.25) is 0 Å². The number of benzene rings is 2. The van der Waals surface area contributed by atoms with Gasteiger partial charge in [-0.15, -0.1) is 0 Å². The van der Waals surface area contributed by atoms with Crippen LogP contribution in [0.25, 0.3) is 0 Å². The van der Waals surface area contributed by atoms with Crippen molar-refractivity contribution in [3.63, 3.8) is 0 Å². The predicted octanol–water partition coefficient (Wildman–Crippen LogP) is 2.02. The second-order valence-corrected chi connectivity index (χ2v) is 3.87. The molecule has 0 saturated carbocycles. The van der Waals surface area contributed by atoms with Crippen LogP contribution in [0.1, 0.15) is 0 Å². The third-order valence-corrected chi connectivity index (χ3v) is 2.55. The van der Waals surface area contributed by atoms with E-state index in [0.29, 0.717) is 17.1 Å². The maximum absolute atomic E-state index is 11.8. The summed E-state index contributed by atoms with van der Waals surface area (Å²) in [6.45, 7) is 0. The molecule has 0 bridgehead atoms. The average Bonchev–Trinajstić information content (AvgIpc) is 2.42. The van der Waals surface area contributed by atoms with Crippen molar-refractivity contribution in [1.29, 1.82) is 0 Å². The number of rotatable bonds is 2. The molecule has 5 nitrogen and oxygen atoms in total. The number of anilines is 3. The number of carboxylic acids is 1. The Morgan fingerprint density at radius 2 is 1.42 bits per heavy atom.